The van der Waals surface area contributed by atoms with Gasteiger partial charge in [-0.05, 0) is 5.57 Å². The molecule has 0 radical (unpaired) electrons. The number of nitrogens with zero attached hydrogens (tertiary/aromatic N) is 1. The van der Waals surface area contributed by atoms with Crippen LogP contribution in [0.3, 0.4) is 0 Å². The lowest BCUT2D eigenvalue weighted by Crippen LogP contribution is -1.99. The smallest absolute Gasteiger partial charge is 0.235 e. The van der Waals surface area contributed by atoms with Gasteiger partial charge in [0.1, 0.15) is 0 Å². The number of rotatable bonds is 2. The lowest BCUT2D eigenvalue weighted by Gasteiger charge is -2.03. The Labute approximate surface area is 75.2 Å². The van der Waals surface area contributed by atoms with E-state index in [9.17, 15) is 10.1 Å². The number of nitro groups is 1. The van der Waals surface area contributed by atoms with Gasteiger partial charge in [-0.25, -0.2) is 0 Å². The number of allylic oxidation sites excluding steroid dienone is 5. The molecule has 0 saturated carbocycles. The van der Waals surface area contributed by atoms with Gasteiger partial charge in [-0.1, -0.05) is 30.4 Å². The van der Waals surface area contributed by atoms with Crippen LogP contribution in [-0.2, 0) is 0 Å². The van der Waals surface area contributed by atoms with Crippen LogP contribution in [0.5, 0.6) is 0 Å². The third-order valence-electron chi connectivity index (χ3n) is 1.41. The summed E-state index contributed by atoms with van der Waals surface area (Å²) in [7, 11) is 0. The molecule has 0 aromatic carbocycles. The van der Waals surface area contributed by atoms with Gasteiger partial charge in [-0.15, -0.1) is 0 Å². The zero-order valence-electron chi connectivity index (χ0n) is 6.27. The Balaban J connectivity index is 2.74. The minimum absolute atomic E-state index is 0.498. The Morgan fingerprint density at radius 1 is 1.67 bits per heavy atom. The predicted molar refractivity (Wildman–Crippen MR) is 50.6 cm³/mol. The minimum Gasteiger partial charge on any atom is -0.259 e. The second kappa shape index (κ2) is 3.92. The summed E-state index contributed by atoms with van der Waals surface area (Å²) in [5, 5.41) is 9.98. The first kappa shape index (κ1) is 8.80. The molecule has 0 bridgehead atoms. The van der Waals surface area contributed by atoms with E-state index in [1.807, 2.05) is 12.2 Å². The molecule has 1 rings (SSSR count). The van der Waals surface area contributed by atoms with Gasteiger partial charge in [0.25, 0.3) is 0 Å². The highest BCUT2D eigenvalue weighted by Gasteiger charge is 2.03. The lowest BCUT2D eigenvalue weighted by molar-refractivity contribution is -0.402. The molecule has 3 nitrogen and oxygen atoms in total. The van der Waals surface area contributed by atoms with Gasteiger partial charge in [0, 0.05) is 17.4 Å². The predicted octanol–water partition coefficient (Wildman–Crippen LogP) is 2.03. The molecule has 0 aromatic rings. The molecule has 0 N–H and O–H groups in total. The topological polar surface area (TPSA) is 43.1 Å². The van der Waals surface area contributed by atoms with E-state index in [1.54, 1.807) is 6.08 Å². The molecule has 12 heavy (non-hydrogen) atoms. The van der Waals surface area contributed by atoms with Crippen LogP contribution in [0.4, 0.5) is 0 Å². The molecule has 0 heterocycles. The summed E-state index contributed by atoms with van der Waals surface area (Å²) < 4.78 is 0. The molecule has 0 aliphatic heterocycles. The van der Waals surface area contributed by atoms with Gasteiger partial charge in [-0.3, -0.25) is 10.1 Å². The molecule has 62 valence electrons. The van der Waals surface area contributed by atoms with E-state index in [4.69, 9.17) is 12.2 Å². The van der Waals surface area contributed by atoms with Gasteiger partial charge in [0.05, 0.1) is 4.92 Å². The zero-order chi connectivity index (χ0) is 8.97. The molecule has 4 heteroatoms. The molecule has 0 amide bonds. The standard InChI is InChI=1S/C8H7NO2S/c10-9(11)6-5-7-3-1-2-4-8(7)12/h1-3,5-6H,4H2. The lowest BCUT2D eigenvalue weighted by atomic mass is 10.1. The van der Waals surface area contributed by atoms with E-state index in [-0.39, 0.29) is 0 Å². The van der Waals surface area contributed by atoms with Crippen molar-refractivity contribution in [3.05, 3.63) is 46.2 Å². The molecular weight excluding hydrogens is 174 g/mol. The molecule has 0 fully saturated rings. The quantitative estimate of drug-likeness (QED) is 0.372. The number of hydrogen-bond acceptors (Lipinski definition) is 3. The zero-order valence-corrected chi connectivity index (χ0v) is 7.08. The normalized spacial score (nSPS) is 16.7. The second-order valence-corrected chi connectivity index (χ2v) is 2.77. The van der Waals surface area contributed by atoms with Gasteiger partial charge >= 0.3 is 0 Å². The van der Waals surface area contributed by atoms with Crippen molar-refractivity contribution in [1.29, 1.82) is 0 Å². The Hall–Kier alpha value is -1.29. The maximum Gasteiger partial charge on any atom is 0.235 e. The number of thiocarbonyl (C=S) groups is 1. The molecule has 0 atom stereocenters. The van der Waals surface area contributed by atoms with Crippen LogP contribution >= 0.6 is 12.2 Å². The second-order valence-electron chi connectivity index (χ2n) is 2.28. The summed E-state index contributed by atoms with van der Waals surface area (Å²) in [6.45, 7) is 0. The van der Waals surface area contributed by atoms with Crippen molar-refractivity contribution in [1.82, 2.24) is 0 Å². The summed E-state index contributed by atoms with van der Waals surface area (Å²) in [4.78, 5) is 10.2. The molecule has 0 aromatic heterocycles. The Morgan fingerprint density at radius 2 is 2.42 bits per heavy atom. The van der Waals surface area contributed by atoms with Crippen molar-refractivity contribution < 1.29 is 4.92 Å². The van der Waals surface area contributed by atoms with Gasteiger partial charge in [0.2, 0.25) is 6.20 Å². The van der Waals surface area contributed by atoms with Crippen molar-refractivity contribution in [3.63, 3.8) is 0 Å². The average Bonchev–Trinajstić information content (AvgIpc) is 2.03. The average molecular weight is 181 g/mol. The highest BCUT2D eigenvalue weighted by molar-refractivity contribution is 7.80. The highest BCUT2D eigenvalue weighted by Crippen LogP contribution is 2.10. The third kappa shape index (κ3) is 2.39. The molecule has 0 saturated heterocycles. The van der Waals surface area contributed by atoms with Crippen molar-refractivity contribution in [2.24, 2.45) is 0 Å². The summed E-state index contributed by atoms with van der Waals surface area (Å²) >= 11 is 4.99. The van der Waals surface area contributed by atoms with Crippen molar-refractivity contribution in [3.8, 4) is 0 Å². The Morgan fingerprint density at radius 3 is 3.00 bits per heavy atom. The fourth-order valence-electron chi connectivity index (χ4n) is 0.847. The van der Waals surface area contributed by atoms with Crippen LogP contribution in [0.2, 0.25) is 0 Å². The first-order valence-electron chi connectivity index (χ1n) is 3.42. The first-order chi connectivity index (χ1) is 5.70. The summed E-state index contributed by atoms with van der Waals surface area (Å²) in [6.07, 6.45) is 8.55. The van der Waals surface area contributed by atoms with Crippen molar-refractivity contribution in [2.45, 2.75) is 6.42 Å². The SMILES string of the molecule is O=[N+]([O-])C=CC1=CC=CCC1=S. The fourth-order valence-corrected chi connectivity index (χ4v) is 1.08. The van der Waals surface area contributed by atoms with Crippen LogP contribution in [0.25, 0.3) is 0 Å². The van der Waals surface area contributed by atoms with E-state index in [2.05, 4.69) is 0 Å². The summed E-state index contributed by atoms with van der Waals surface area (Å²) in [6, 6.07) is 0. The van der Waals surface area contributed by atoms with Crippen LogP contribution in [-0.4, -0.2) is 9.79 Å². The Bertz CT molecular complexity index is 302. The van der Waals surface area contributed by atoms with E-state index in [0.717, 1.165) is 16.6 Å². The van der Waals surface area contributed by atoms with Crippen LogP contribution in [0.15, 0.2) is 36.1 Å². The van der Waals surface area contributed by atoms with E-state index < -0.39 is 4.92 Å². The largest absolute Gasteiger partial charge is 0.259 e. The van der Waals surface area contributed by atoms with Crippen LogP contribution in [0.1, 0.15) is 6.42 Å². The van der Waals surface area contributed by atoms with Crippen molar-refractivity contribution in [2.75, 3.05) is 0 Å². The molecule has 0 spiro atoms. The first-order valence-corrected chi connectivity index (χ1v) is 3.82. The van der Waals surface area contributed by atoms with Crippen molar-refractivity contribution >= 4 is 17.1 Å². The molecule has 0 unspecified atom stereocenters. The van der Waals surface area contributed by atoms with E-state index in [0.29, 0.717) is 6.42 Å². The van der Waals surface area contributed by atoms with E-state index >= 15 is 0 Å². The van der Waals surface area contributed by atoms with Gasteiger partial charge < -0.3 is 0 Å². The minimum atomic E-state index is -0.498. The van der Waals surface area contributed by atoms with Crippen LogP contribution < -0.4 is 0 Å². The molecule has 1 aliphatic carbocycles. The van der Waals surface area contributed by atoms with Gasteiger partial charge in [-0.2, -0.15) is 0 Å². The van der Waals surface area contributed by atoms with Gasteiger partial charge in [0.15, 0.2) is 0 Å². The maximum atomic E-state index is 9.98. The molecule has 1 aliphatic rings. The van der Waals surface area contributed by atoms with E-state index in [1.165, 1.54) is 6.08 Å². The monoisotopic (exact) mass is 181 g/mol. The summed E-state index contributed by atoms with van der Waals surface area (Å²) in [5.41, 5.74) is 0.754. The molecular formula is C8H7NO2S. The Kier molecular flexibility index (Phi) is 2.88. The van der Waals surface area contributed by atoms with Crippen LogP contribution in [0, 0.1) is 10.1 Å². The maximum absolute atomic E-state index is 9.98. The highest BCUT2D eigenvalue weighted by atomic mass is 32.1. The fraction of sp³-hybridized carbons (Fsp3) is 0.125. The third-order valence-corrected chi connectivity index (χ3v) is 1.82. The summed E-state index contributed by atoms with van der Waals surface area (Å²) in [5.74, 6) is 0. The number of hydrogen-bond donors (Lipinski definition) is 0.